The zero-order valence-corrected chi connectivity index (χ0v) is 24.0. The summed E-state index contributed by atoms with van der Waals surface area (Å²) in [4.78, 5) is 0. The normalized spacial score (nSPS) is 17.2. The molecule has 0 radical (unpaired) electrons. The Hall–Kier alpha value is -2.79. The van der Waals surface area contributed by atoms with Crippen molar-refractivity contribution in [1.82, 2.24) is 0 Å². The van der Waals surface area contributed by atoms with E-state index in [1.807, 2.05) is 24.3 Å². The van der Waals surface area contributed by atoms with Gasteiger partial charge in [0, 0.05) is 11.5 Å². The van der Waals surface area contributed by atoms with Gasteiger partial charge >= 0.3 is 0 Å². The van der Waals surface area contributed by atoms with Crippen LogP contribution in [0.5, 0.6) is 5.75 Å². The average molecular weight is 553 g/mol. The van der Waals surface area contributed by atoms with Crippen LogP contribution in [0.4, 0.5) is 13.2 Å². The van der Waals surface area contributed by atoms with Gasteiger partial charge in [-0.2, -0.15) is 4.39 Å². The molecule has 3 aromatic rings. The minimum atomic E-state index is -0.966. The third-order valence-corrected chi connectivity index (χ3v) is 8.02. The third kappa shape index (κ3) is 7.90. The zero-order chi connectivity index (χ0) is 28.3. The summed E-state index contributed by atoms with van der Waals surface area (Å²) >= 11 is 0. The number of hydrogen-bond acceptors (Lipinski definition) is 2. The van der Waals surface area contributed by atoms with Crippen LogP contribution in [0.15, 0.2) is 54.6 Å². The molecule has 3 aromatic carbocycles. The number of ether oxygens (including phenoxy) is 2. The average Bonchev–Trinajstić information content (AvgIpc) is 2.98. The first-order valence-corrected chi connectivity index (χ1v) is 15.1. The van der Waals surface area contributed by atoms with Gasteiger partial charge in [0.2, 0.25) is 5.82 Å². The maximum absolute atomic E-state index is 15.2. The second kappa shape index (κ2) is 15.3. The maximum Gasteiger partial charge on any atom is 0.201 e. The number of unbranched alkanes of at least 4 members (excludes halogenated alkanes) is 6. The molecule has 1 saturated heterocycles. The Labute approximate surface area is 237 Å². The lowest BCUT2D eigenvalue weighted by atomic mass is 9.88. The summed E-state index contributed by atoms with van der Waals surface area (Å²) in [6.45, 7) is 5.28. The molecular weight excluding hydrogens is 509 g/mol. The molecule has 4 rings (SSSR count). The van der Waals surface area contributed by atoms with E-state index < -0.39 is 11.6 Å². The number of rotatable bonds is 14. The maximum atomic E-state index is 15.2. The molecule has 0 amide bonds. The Balaban J connectivity index is 1.37. The summed E-state index contributed by atoms with van der Waals surface area (Å²) in [5, 5.41) is 0. The van der Waals surface area contributed by atoms with E-state index in [1.54, 1.807) is 24.3 Å². The molecule has 1 heterocycles. The van der Waals surface area contributed by atoms with Crippen molar-refractivity contribution in [2.75, 3.05) is 13.2 Å². The van der Waals surface area contributed by atoms with Gasteiger partial charge in [-0.05, 0) is 66.1 Å². The Bertz CT molecular complexity index is 1200. The second-order valence-corrected chi connectivity index (χ2v) is 11.0. The predicted octanol–water partition coefficient (Wildman–Crippen LogP) is 10.6. The van der Waals surface area contributed by atoms with Crippen LogP contribution in [-0.4, -0.2) is 19.3 Å². The molecular formula is C35H43F3O2. The van der Waals surface area contributed by atoms with Gasteiger partial charge in [-0.25, -0.2) is 8.78 Å². The molecule has 1 fully saturated rings. The summed E-state index contributed by atoms with van der Waals surface area (Å²) in [6.07, 6.45) is 12.2. The summed E-state index contributed by atoms with van der Waals surface area (Å²) in [5.74, 6) is -2.10. The van der Waals surface area contributed by atoms with Crippen LogP contribution in [0.25, 0.3) is 22.3 Å². The second-order valence-electron chi connectivity index (χ2n) is 11.0. The highest BCUT2D eigenvalue weighted by atomic mass is 19.2. The topological polar surface area (TPSA) is 18.5 Å². The molecule has 2 unspecified atom stereocenters. The van der Waals surface area contributed by atoms with Gasteiger partial charge in [-0.3, -0.25) is 0 Å². The molecule has 1 aliphatic heterocycles. The first kappa shape index (κ1) is 30.2. The molecule has 0 N–H and O–H groups in total. The molecule has 1 aliphatic rings. The fraction of sp³-hybridized carbons (Fsp3) is 0.486. The van der Waals surface area contributed by atoms with Crippen molar-refractivity contribution in [1.29, 1.82) is 0 Å². The van der Waals surface area contributed by atoms with Gasteiger partial charge in [0.15, 0.2) is 11.6 Å². The molecule has 0 spiro atoms. The van der Waals surface area contributed by atoms with Gasteiger partial charge < -0.3 is 9.47 Å². The molecule has 0 aromatic heterocycles. The fourth-order valence-corrected chi connectivity index (χ4v) is 5.53. The summed E-state index contributed by atoms with van der Waals surface area (Å²) < 4.78 is 56.3. The number of hydrogen-bond donors (Lipinski definition) is 0. The lowest BCUT2D eigenvalue weighted by molar-refractivity contribution is -0.00267. The van der Waals surface area contributed by atoms with Crippen molar-refractivity contribution in [2.24, 2.45) is 0 Å². The van der Waals surface area contributed by atoms with E-state index in [4.69, 9.17) is 9.47 Å². The van der Waals surface area contributed by atoms with Crippen LogP contribution in [-0.2, 0) is 4.74 Å². The van der Waals surface area contributed by atoms with Gasteiger partial charge in [0.05, 0.1) is 19.3 Å². The van der Waals surface area contributed by atoms with Crippen LogP contribution in [0.3, 0.4) is 0 Å². The van der Waals surface area contributed by atoms with Gasteiger partial charge in [0.1, 0.15) is 5.82 Å². The van der Waals surface area contributed by atoms with Gasteiger partial charge in [-0.15, -0.1) is 0 Å². The minimum absolute atomic E-state index is 0.0562. The Morgan fingerprint density at radius 2 is 1.43 bits per heavy atom. The molecule has 5 heteroatoms. The quantitative estimate of drug-likeness (QED) is 0.185. The molecule has 0 saturated carbocycles. The van der Waals surface area contributed by atoms with Crippen molar-refractivity contribution < 1.29 is 22.6 Å². The number of halogens is 3. The lowest BCUT2D eigenvalue weighted by Gasteiger charge is -2.29. The highest BCUT2D eigenvalue weighted by Gasteiger charge is 2.25. The summed E-state index contributed by atoms with van der Waals surface area (Å²) in [6, 6.07) is 15.5. The first-order chi connectivity index (χ1) is 19.5. The van der Waals surface area contributed by atoms with Crippen LogP contribution in [0, 0.1) is 17.5 Å². The molecule has 216 valence electrons. The van der Waals surface area contributed by atoms with Gasteiger partial charge in [0.25, 0.3) is 0 Å². The van der Waals surface area contributed by atoms with Crippen molar-refractivity contribution in [3.63, 3.8) is 0 Å². The molecule has 40 heavy (non-hydrogen) atoms. The van der Waals surface area contributed by atoms with Crippen LogP contribution >= 0.6 is 0 Å². The molecule has 0 bridgehead atoms. The van der Waals surface area contributed by atoms with E-state index in [0.29, 0.717) is 30.4 Å². The van der Waals surface area contributed by atoms with E-state index >= 15 is 4.39 Å². The van der Waals surface area contributed by atoms with Crippen LogP contribution in [0.2, 0.25) is 0 Å². The monoisotopic (exact) mass is 552 g/mol. The molecule has 0 aliphatic carbocycles. The lowest BCUT2D eigenvalue weighted by Crippen LogP contribution is -2.25. The van der Waals surface area contributed by atoms with E-state index in [-0.39, 0.29) is 23.0 Å². The van der Waals surface area contributed by atoms with Gasteiger partial charge in [-0.1, -0.05) is 95.2 Å². The zero-order valence-electron chi connectivity index (χ0n) is 24.0. The molecule has 2 nitrogen and oxygen atoms in total. The highest BCUT2D eigenvalue weighted by Crippen LogP contribution is 2.35. The fourth-order valence-electron chi connectivity index (χ4n) is 5.53. The van der Waals surface area contributed by atoms with Crippen molar-refractivity contribution in [2.45, 2.75) is 96.5 Å². The van der Waals surface area contributed by atoms with E-state index in [1.165, 1.54) is 31.7 Å². The van der Waals surface area contributed by atoms with E-state index in [2.05, 4.69) is 13.8 Å². The standard InChI is InChI=1S/C35H43F3O2/c1-3-5-7-8-10-22-39-33-21-20-31(34(37)35(33)38)26-14-12-25(13-15-26)27-17-19-30(32(36)23-27)28-16-18-29(40-24-28)11-9-6-4-2/h12-15,17,19-21,23,28-29H,3-11,16,18,22,24H2,1-2H3. The summed E-state index contributed by atoms with van der Waals surface area (Å²) in [7, 11) is 0. The Morgan fingerprint density at radius 3 is 2.12 bits per heavy atom. The smallest absolute Gasteiger partial charge is 0.201 e. The SMILES string of the molecule is CCCCCCCOc1ccc(-c2ccc(-c3ccc(C4CCC(CCCCC)OC4)c(F)c3)cc2)c(F)c1F. The molecule has 2 atom stereocenters. The van der Waals surface area contributed by atoms with E-state index in [9.17, 15) is 8.78 Å². The number of benzene rings is 3. The Kier molecular flexibility index (Phi) is 11.5. The minimum Gasteiger partial charge on any atom is -0.490 e. The van der Waals surface area contributed by atoms with Crippen molar-refractivity contribution in [3.8, 4) is 28.0 Å². The Morgan fingerprint density at radius 1 is 0.725 bits per heavy atom. The van der Waals surface area contributed by atoms with E-state index in [0.717, 1.165) is 56.1 Å². The first-order valence-electron chi connectivity index (χ1n) is 15.1. The predicted molar refractivity (Wildman–Crippen MR) is 157 cm³/mol. The largest absolute Gasteiger partial charge is 0.490 e. The van der Waals surface area contributed by atoms with Crippen molar-refractivity contribution >= 4 is 0 Å². The highest BCUT2D eigenvalue weighted by molar-refractivity contribution is 5.71. The van der Waals surface area contributed by atoms with Crippen LogP contribution in [0.1, 0.15) is 96.0 Å². The van der Waals surface area contributed by atoms with Crippen LogP contribution < -0.4 is 4.74 Å². The summed E-state index contributed by atoms with van der Waals surface area (Å²) in [5.41, 5.74) is 2.99. The third-order valence-electron chi connectivity index (χ3n) is 8.02. The van der Waals surface area contributed by atoms with Crippen molar-refractivity contribution in [3.05, 3.63) is 77.6 Å².